The first-order valence-electron chi connectivity index (χ1n) is 6.99. The number of nitrogens with one attached hydrogen (secondary N) is 1. The second-order valence-electron chi connectivity index (χ2n) is 4.98. The Morgan fingerprint density at radius 2 is 2.37 bits per heavy atom. The van der Waals surface area contributed by atoms with Gasteiger partial charge < -0.3 is 14.8 Å². The van der Waals surface area contributed by atoms with Crippen molar-refractivity contribution in [2.24, 2.45) is 5.92 Å². The quantitative estimate of drug-likeness (QED) is 0.779. The first kappa shape index (κ1) is 14.8. The van der Waals surface area contributed by atoms with Crippen molar-refractivity contribution in [2.45, 2.75) is 26.3 Å². The van der Waals surface area contributed by atoms with Crippen LogP contribution >= 0.6 is 15.9 Å². The molecule has 106 valence electrons. The molecule has 0 spiro atoms. The Balaban J connectivity index is 1.83. The summed E-state index contributed by atoms with van der Waals surface area (Å²) in [5.74, 6) is 1.46. The summed E-state index contributed by atoms with van der Waals surface area (Å²) in [6.07, 6.45) is 2.27. The van der Waals surface area contributed by atoms with Gasteiger partial charge in [0.2, 0.25) is 0 Å². The summed E-state index contributed by atoms with van der Waals surface area (Å²) in [5, 5.41) is 3.40. The maximum absolute atomic E-state index is 5.85. The van der Waals surface area contributed by atoms with Gasteiger partial charge in [0.05, 0.1) is 17.7 Å². The number of hydrogen-bond donors (Lipinski definition) is 1. The molecule has 0 aromatic heterocycles. The van der Waals surface area contributed by atoms with E-state index in [2.05, 4.69) is 40.3 Å². The van der Waals surface area contributed by atoms with Crippen molar-refractivity contribution in [1.29, 1.82) is 0 Å². The van der Waals surface area contributed by atoms with Gasteiger partial charge in [0.15, 0.2) is 0 Å². The fraction of sp³-hybridized carbons (Fsp3) is 0.600. The third kappa shape index (κ3) is 4.79. The average Bonchev–Trinajstić information content (AvgIpc) is 2.91. The highest BCUT2D eigenvalue weighted by atomic mass is 79.9. The number of rotatable bonds is 7. The van der Waals surface area contributed by atoms with Crippen molar-refractivity contribution in [3.05, 3.63) is 28.2 Å². The molecule has 3 nitrogen and oxygen atoms in total. The smallest absolute Gasteiger partial charge is 0.133 e. The SMILES string of the molecule is CCCNCc1ccc(OCC2CCOC2)c(Br)c1. The monoisotopic (exact) mass is 327 g/mol. The lowest BCUT2D eigenvalue weighted by molar-refractivity contribution is 0.167. The van der Waals surface area contributed by atoms with Gasteiger partial charge in [-0.1, -0.05) is 13.0 Å². The van der Waals surface area contributed by atoms with E-state index in [1.54, 1.807) is 0 Å². The summed E-state index contributed by atoms with van der Waals surface area (Å²) in [5.41, 5.74) is 1.27. The molecular formula is C15H22BrNO2. The molecule has 1 N–H and O–H groups in total. The number of ether oxygens (including phenoxy) is 2. The van der Waals surface area contributed by atoms with Gasteiger partial charge in [-0.15, -0.1) is 0 Å². The Bertz CT molecular complexity index is 392. The Morgan fingerprint density at radius 1 is 1.47 bits per heavy atom. The molecule has 1 heterocycles. The molecule has 1 aliphatic rings. The highest BCUT2D eigenvalue weighted by Gasteiger charge is 2.16. The highest BCUT2D eigenvalue weighted by molar-refractivity contribution is 9.10. The predicted octanol–water partition coefficient (Wildman–Crippen LogP) is 3.36. The van der Waals surface area contributed by atoms with Crippen LogP contribution in [0.2, 0.25) is 0 Å². The van der Waals surface area contributed by atoms with E-state index in [0.717, 1.165) is 56.0 Å². The highest BCUT2D eigenvalue weighted by Crippen LogP contribution is 2.27. The van der Waals surface area contributed by atoms with Gasteiger partial charge in [-0.3, -0.25) is 0 Å². The van der Waals surface area contributed by atoms with Crippen LogP contribution in [-0.2, 0) is 11.3 Å². The minimum Gasteiger partial charge on any atom is -0.492 e. The van der Waals surface area contributed by atoms with Crippen LogP contribution in [0, 0.1) is 5.92 Å². The summed E-state index contributed by atoms with van der Waals surface area (Å²) in [4.78, 5) is 0. The molecule has 19 heavy (non-hydrogen) atoms. The third-order valence-electron chi connectivity index (χ3n) is 3.25. The van der Waals surface area contributed by atoms with Crippen LogP contribution in [-0.4, -0.2) is 26.4 Å². The minimum atomic E-state index is 0.540. The first-order valence-corrected chi connectivity index (χ1v) is 7.78. The second-order valence-corrected chi connectivity index (χ2v) is 5.84. The van der Waals surface area contributed by atoms with Crippen molar-refractivity contribution < 1.29 is 9.47 Å². The van der Waals surface area contributed by atoms with Gasteiger partial charge in [0.25, 0.3) is 0 Å². The lowest BCUT2D eigenvalue weighted by atomic mass is 10.1. The maximum Gasteiger partial charge on any atom is 0.133 e. The fourth-order valence-electron chi connectivity index (χ4n) is 2.10. The zero-order valence-electron chi connectivity index (χ0n) is 11.5. The zero-order chi connectivity index (χ0) is 13.5. The molecular weight excluding hydrogens is 306 g/mol. The van der Waals surface area contributed by atoms with Crippen LogP contribution in [0.15, 0.2) is 22.7 Å². The van der Waals surface area contributed by atoms with Crippen LogP contribution in [0.5, 0.6) is 5.75 Å². The molecule has 1 aromatic rings. The Hall–Kier alpha value is -0.580. The lowest BCUT2D eigenvalue weighted by Crippen LogP contribution is -2.14. The van der Waals surface area contributed by atoms with Crippen molar-refractivity contribution in [2.75, 3.05) is 26.4 Å². The van der Waals surface area contributed by atoms with E-state index < -0.39 is 0 Å². The number of hydrogen-bond acceptors (Lipinski definition) is 3. The zero-order valence-corrected chi connectivity index (χ0v) is 13.0. The van der Waals surface area contributed by atoms with Gasteiger partial charge in [0, 0.05) is 19.1 Å². The minimum absolute atomic E-state index is 0.540. The molecule has 0 bridgehead atoms. The van der Waals surface area contributed by atoms with Crippen molar-refractivity contribution in [1.82, 2.24) is 5.32 Å². The molecule has 2 rings (SSSR count). The molecule has 0 saturated carbocycles. The molecule has 1 aromatic carbocycles. The van der Waals surface area contributed by atoms with E-state index >= 15 is 0 Å². The maximum atomic E-state index is 5.85. The molecule has 1 fully saturated rings. The fourth-order valence-corrected chi connectivity index (χ4v) is 2.64. The molecule has 0 radical (unpaired) electrons. The second kappa shape index (κ2) is 7.88. The van der Waals surface area contributed by atoms with E-state index in [-0.39, 0.29) is 0 Å². The summed E-state index contributed by atoms with van der Waals surface area (Å²) in [7, 11) is 0. The number of halogens is 1. The normalized spacial score (nSPS) is 18.7. The molecule has 1 unspecified atom stereocenters. The Morgan fingerprint density at radius 3 is 3.05 bits per heavy atom. The molecule has 4 heteroatoms. The summed E-state index contributed by atoms with van der Waals surface area (Å²) >= 11 is 3.58. The summed E-state index contributed by atoms with van der Waals surface area (Å²) in [6, 6.07) is 6.29. The predicted molar refractivity (Wildman–Crippen MR) is 80.6 cm³/mol. The van der Waals surface area contributed by atoms with Crippen molar-refractivity contribution in [3.8, 4) is 5.75 Å². The van der Waals surface area contributed by atoms with Crippen LogP contribution in [0.25, 0.3) is 0 Å². The summed E-state index contributed by atoms with van der Waals surface area (Å²) in [6.45, 7) is 6.58. The first-order chi connectivity index (χ1) is 9.29. The topological polar surface area (TPSA) is 30.5 Å². The Kier molecular flexibility index (Phi) is 6.14. The third-order valence-corrected chi connectivity index (χ3v) is 3.87. The largest absolute Gasteiger partial charge is 0.492 e. The van der Waals surface area contributed by atoms with Crippen LogP contribution in [0.4, 0.5) is 0 Å². The standard InChI is InChI=1S/C15H22BrNO2/c1-2-6-17-9-12-3-4-15(14(16)8-12)19-11-13-5-7-18-10-13/h3-4,8,13,17H,2,5-7,9-11H2,1H3. The van der Waals surface area contributed by atoms with Crippen LogP contribution < -0.4 is 10.1 Å². The van der Waals surface area contributed by atoms with E-state index in [1.807, 2.05) is 6.07 Å². The van der Waals surface area contributed by atoms with Gasteiger partial charge in [-0.05, 0) is 53.0 Å². The van der Waals surface area contributed by atoms with E-state index in [1.165, 1.54) is 5.56 Å². The molecule has 0 amide bonds. The molecule has 1 saturated heterocycles. The number of benzene rings is 1. The molecule has 1 aliphatic heterocycles. The van der Waals surface area contributed by atoms with Gasteiger partial charge >= 0.3 is 0 Å². The molecule has 0 aliphatic carbocycles. The van der Waals surface area contributed by atoms with E-state index in [9.17, 15) is 0 Å². The van der Waals surface area contributed by atoms with E-state index in [0.29, 0.717) is 5.92 Å². The Labute approximate surface area is 123 Å². The van der Waals surface area contributed by atoms with Crippen LogP contribution in [0.3, 0.4) is 0 Å². The van der Waals surface area contributed by atoms with Crippen LogP contribution in [0.1, 0.15) is 25.3 Å². The van der Waals surface area contributed by atoms with E-state index in [4.69, 9.17) is 9.47 Å². The average molecular weight is 328 g/mol. The van der Waals surface area contributed by atoms with Gasteiger partial charge in [-0.25, -0.2) is 0 Å². The molecule has 1 atom stereocenters. The van der Waals surface area contributed by atoms with Gasteiger partial charge in [0.1, 0.15) is 5.75 Å². The van der Waals surface area contributed by atoms with Crippen molar-refractivity contribution in [3.63, 3.8) is 0 Å². The summed E-state index contributed by atoms with van der Waals surface area (Å²) < 4.78 is 12.2. The van der Waals surface area contributed by atoms with Gasteiger partial charge in [-0.2, -0.15) is 0 Å². The lowest BCUT2D eigenvalue weighted by Gasteiger charge is -2.13. The van der Waals surface area contributed by atoms with Crippen molar-refractivity contribution >= 4 is 15.9 Å².